The van der Waals surface area contributed by atoms with Gasteiger partial charge in [0.2, 0.25) is 0 Å². The number of benzene rings is 1. The van der Waals surface area contributed by atoms with Crippen molar-refractivity contribution in [1.29, 1.82) is 0 Å². The molecule has 0 spiro atoms. The topological polar surface area (TPSA) is 105 Å². The van der Waals surface area contributed by atoms with Gasteiger partial charge in [0.15, 0.2) is 0 Å². The lowest BCUT2D eigenvalue weighted by atomic mass is 9.95. The zero-order valence-corrected chi connectivity index (χ0v) is 17.0. The van der Waals surface area contributed by atoms with Crippen molar-refractivity contribution in [3.63, 3.8) is 0 Å². The largest absolute Gasteiger partial charge is 0.347 e. The SMILES string of the molecule is Cc1ccc([N+](=O)[O-])cc1NC(=O)C(=O)NCCN1CCC(c2cccs2)CC1. The molecule has 0 unspecified atom stereocenters. The first-order valence-electron chi connectivity index (χ1n) is 9.54. The average molecular weight is 417 g/mol. The van der Waals surface area contributed by atoms with Crippen molar-refractivity contribution >= 4 is 34.5 Å². The van der Waals surface area contributed by atoms with Gasteiger partial charge in [0.05, 0.1) is 10.6 Å². The van der Waals surface area contributed by atoms with Gasteiger partial charge in [-0.15, -0.1) is 11.3 Å². The van der Waals surface area contributed by atoms with Gasteiger partial charge in [0, 0.05) is 30.1 Å². The van der Waals surface area contributed by atoms with Crippen LogP contribution in [-0.2, 0) is 9.59 Å². The molecule has 0 radical (unpaired) electrons. The minimum absolute atomic E-state index is 0.141. The molecule has 1 aromatic carbocycles. The summed E-state index contributed by atoms with van der Waals surface area (Å²) in [6.07, 6.45) is 2.20. The smallest absolute Gasteiger partial charge is 0.313 e. The van der Waals surface area contributed by atoms with Crippen LogP contribution in [0, 0.1) is 17.0 Å². The molecule has 1 fully saturated rings. The molecule has 1 aliphatic heterocycles. The predicted octanol–water partition coefficient (Wildman–Crippen LogP) is 2.90. The second kappa shape index (κ2) is 9.62. The molecule has 9 heteroatoms. The molecule has 0 bridgehead atoms. The van der Waals surface area contributed by atoms with E-state index in [2.05, 4.69) is 33.0 Å². The van der Waals surface area contributed by atoms with E-state index in [-0.39, 0.29) is 11.4 Å². The number of hydrogen-bond acceptors (Lipinski definition) is 6. The third-order valence-corrected chi connectivity index (χ3v) is 6.17. The first kappa shape index (κ1) is 20.9. The van der Waals surface area contributed by atoms with Crippen molar-refractivity contribution in [2.24, 2.45) is 0 Å². The van der Waals surface area contributed by atoms with E-state index in [0.29, 0.717) is 24.6 Å². The Labute approximate surface area is 173 Å². The Balaban J connectivity index is 1.41. The van der Waals surface area contributed by atoms with E-state index < -0.39 is 16.7 Å². The van der Waals surface area contributed by atoms with E-state index in [1.165, 1.54) is 23.1 Å². The molecular formula is C20H24N4O4S. The zero-order chi connectivity index (χ0) is 20.8. The van der Waals surface area contributed by atoms with E-state index >= 15 is 0 Å². The van der Waals surface area contributed by atoms with Gasteiger partial charge in [-0.1, -0.05) is 12.1 Å². The number of carbonyl (C=O) groups excluding carboxylic acids is 2. The summed E-state index contributed by atoms with van der Waals surface area (Å²) in [4.78, 5) is 38.2. The van der Waals surface area contributed by atoms with Crippen molar-refractivity contribution < 1.29 is 14.5 Å². The number of non-ortho nitro benzene ring substituents is 1. The number of nitro benzene ring substituents is 1. The molecular weight excluding hydrogens is 392 g/mol. The van der Waals surface area contributed by atoms with Gasteiger partial charge in [-0.05, 0) is 55.8 Å². The van der Waals surface area contributed by atoms with Crippen LogP contribution in [0.15, 0.2) is 35.7 Å². The molecule has 154 valence electrons. The Bertz CT molecular complexity index is 877. The van der Waals surface area contributed by atoms with Crippen LogP contribution in [0.2, 0.25) is 0 Å². The third-order valence-electron chi connectivity index (χ3n) is 5.13. The van der Waals surface area contributed by atoms with E-state index in [0.717, 1.165) is 25.9 Å². The highest BCUT2D eigenvalue weighted by Gasteiger charge is 2.21. The summed E-state index contributed by atoms with van der Waals surface area (Å²) in [7, 11) is 0. The van der Waals surface area contributed by atoms with E-state index in [9.17, 15) is 19.7 Å². The summed E-state index contributed by atoms with van der Waals surface area (Å²) in [5.41, 5.74) is 0.762. The minimum Gasteiger partial charge on any atom is -0.347 e. The lowest BCUT2D eigenvalue weighted by Gasteiger charge is -2.31. The maximum atomic E-state index is 12.1. The highest BCUT2D eigenvalue weighted by molar-refractivity contribution is 7.10. The molecule has 0 aliphatic carbocycles. The van der Waals surface area contributed by atoms with E-state index in [4.69, 9.17) is 0 Å². The first-order valence-corrected chi connectivity index (χ1v) is 10.4. The fourth-order valence-electron chi connectivity index (χ4n) is 3.41. The van der Waals surface area contributed by atoms with Crippen LogP contribution in [0.25, 0.3) is 0 Å². The van der Waals surface area contributed by atoms with Crippen molar-refractivity contribution in [2.75, 3.05) is 31.5 Å². The number of piperidine rings is 1. The average Bonchev–Trinajstić information content (AvgIpc) is 3.24. The van der Waals surface area contributed by atoms with Crippen LogP contribution >= 0.6 is 11.3 Å². The van der Waals surface area contributed by atoms with Crippen LogP contribution in [0.1, 0.15) is 29.2 Å². The molecule has 2 aromatic rings. The number of aryl methyl sites for hydroxylation is 1. The molecule has 1 saturated heterocycles. The Morgan fingerprint density at radius 3 is 2.66 bits per heavy atom. The fraction of sp³-hybridized carbons (Fsp3) is 0.400. The van der Waals surface area contributed by atoms with Gasteiger partial charge in [-0.2, -0.15) is 0 Å². The monoisotopic (exact) mass is 416 g/mol. The van der Waals surface area contributed by atoms with Gasteiger partial charge in [-0.25, -0.2) is 0 Å². The summed E-state index contributed by atoms with van der Waals surface area (Å²) in [5.74, 6) is -0.959. The van der Waals surface area contributed by atoms with Crippen LogP contribution < -0.4 is 10.6 Å². The molecule has 1 aliphatic rings. The maximum Gasteiger partial charge on any atom is 0.313 e. The van der Waals surface area contributed by atoms with Crippen molar-refractivity contribution in [1.82, 2.24) is 10.2 Å². The Morgan fingerprint density at radius 2 is 2.00 bits per heavy atom. The highest BCUT2D eigenvalue weighted by atomic mass is 32.1. The molecule has 0 atom stereocenters. The maximum absolute atomic E-state index is 12.1. The summed E-state index contributed by atoms with van der Waals surface area (Å²) in [5, 5.41) is 18.0. The van der Waals surface area contributed by atoms with Crippen LogP contribution in [0.4, 0.5) is 11.4 Å². The molecule has 2 amide bonds. The van der Waals surface area contributed by atoms with Crippen LogP contribution in [0.3, 0.4) is 0 Å². The van der Waals surface area contributed by atoms with Crippen molar-refractivity contribution in [3.05, 3.63) is 56.3 Å². The van der Waals surface area contributed by atoms with Crippen molar-refractivity contribution in [2.45, 2.75) is 25.7 Å². The van der Waals surface area contributed by atoms with E-state index in [1.807, 2.05) is 0 Å². The Morgan fingerprint density at radius 1 is 1.24 bits per heavy atom. The van der Waals surface area contributed by atoms with Gasteiger partial charge in [0.25, 0.3) is 5.69 Å². The van der Waals surface area contributed by atoms with Gasteiger partial charge in [-0.3, -0.25) is 19.7 Å². The summed E-state index contributed by atoms with van der Waals surface area (Å²) < 4.78 is 0. The second-order valence-electron chi connectivity index (χ2n) is 7.10. The van der Waals surface area contributed by atoms with Gasteiger partial charge < -0.3 is 15.5 Å². The number of thiophene rings is 1. The van der Waals surface area contributed by atoms with Crippen molar-refractivity contribution in [3.8, 4) is 0 Å². The van der Waals surface area contributed by atoms with Crippen LogP contribution in [-0.4, -0.2) is 47.8 Å². The minimum atomic E-state index is -0.829. The van der Waals surface area contributed by atoms with Crippen LogP contribution in [0.5, 0.6) is 0 Å². The summed E-state index contributed by atoms with van der Waals surface area (Å²) >= 11 is 1.80. The number of carbonyl (C=O) groups is 2. The third kappa shape index (κ3) is 5.61. The van der Waals surface area contributed by atoms with E-state index in [1.54, 1.807) is 18.3 Å². The summed E-state index contributed by atoms with van der Waals surface area (Å²) in [6, 6.07) is 8.41. The lowest BCUT2D eigenvalue weighted by Crippen LogP contribution is -2.42. The quantitative estimate of drug-likeness (QED) is 0.428. The fourth-order valence-corrected chi connectivity index (χ4v) is 4.31. The molecule has 8 nitrogen and oxygen atoms in total. The molecule has 1 aromatic heterocycles. The standard InChI is InChI=1S/C20H24N4O4S/c1-14-4-5-16(24(27)28)13-17(14)22-20(26)19(25)21-8-11-23-9-6-15(7-10-23)18-3-2-12-29-18/h2-5,12-13,15H,6-11H2,1H3,(H,21,25)(H,22,26). The van der Waals surface area contributed by atoms with Gasteiger partial charge in [0.1, 0.15) is 0 Å². The molecule has 29 heavy (non-hydrogen) atoms. The number of nitrogens with one attached hydrogen (secondary N) is 2. The molecule has 0 saturated carbocycles. The number of amides is 2. The highest BCUT2D eigenvalue weighted by Crippen LogP contribution is 2.30. The molecule has 2 heterocycles. The Kier molecular flexibility index (Phi) is 6.95. The number of nitro groups is 1. The number of hydrogen-bond donors (Lipinski definition) is 2. The molecule has 3 rings (SSSR count). The predicted molar refractivity (Wildman–Crippen MR) is 112 cm³/mol. The zero-order valence-electron chi connectivity index (χ0n) is 16.2. The molecule has 2 N–H and O–H groups in total. The number of likely N-dealkylation sites (tertiary alicyclic amines) is 1. The first-order chi connectivity index (χ1) is 13.9. The number of rotatable bonds is 6. The lowest BCUT2D eigenvalue weighted by molar-refractivity contribution is -0.384. The number of nitrogens with zero attached hydrogens (tertiary/aromatic N) is 2. The Hall–Kier alpha value is -2.78. The number of anilines is 1. The second-order valence-corrected chi connectivity index (χ2v) is 8.08. The normalized spacial score (nSPS) is 15.1. The van der Waals surface area contributed by atoms with Gasteiger partial charge >= 0.3 is 11.8 Å². The summed E-state index contributed by atoms with van der Waals surface area (Å²) in [6.45, 7) is 4.71.